The first-order valence-corrected chi connectivity index (χ1v) is 3.01. The third kappa shape index (κ3) is 2.90. The maximum absolute atomic E-state index is 4.00. The molecule has 0 atom stereocenters. The van der Waals surface area contributed by atoms with Gasteiger partial charge in [-0.1, -0.05) is 6.08 Å². The summed E-state index contributed by atoms with van der Waals surface area (Å²) in [5.41, 5.74) is 0. The molecule has 0 spiro atoms. The zero-order chi connectivity index (χ0) is 7.28. The van der Waals surface area contributed by atoms with Crippen molar-refractivity contribution in [3.8, 4) is 0 Å². The van der Waals surface area contributed by atoms with Crippen LogP contribution in [0.3, 0.4) is 0 Å². The van der Waals surface area contributed by atoms with Gasteiger partial charge >= 0.3 is 0 Å². The molecule has 2 heteroatoms. The molecule has 0 rings (SSSR count). The van der Waals surface area contributed by atoms with Gasteiger partial charge in [0.2, 0.25) is 0 Å². The van der Waals surface area contributed by atoms with Crippen LogP contribution in [0.1, 0.15) is 13.8 Å². The van der Waals surface area contributed by atoms with Crippen molar-refractivity contribution in [2.24, 2.45) is 4.99 Å². The van der Waals surface area contributed by atoms with E-state index in [1.807, 2.05) is 38.1 Å². The molecule has 0 aromatic heterocycles. The highest BCUT2D eigenvalue weighted by Crippen LogP contribution is 1.86. The van der Waals surface area contributed by atoms with Crippen LogP contribution in [0.15, 0.2) is 17.3 Å². The molecule has 9 heavy (non-hydrogen) atoms. The van der Waals surface area contributed by atoms with E-state index in [2.05, 4.69) is 4.99 Å². The average Bonchev–Trinajstić information content (AvgIpc) is 1.87. The van der Waals surface area contributed by atoms with Crippen molar-refractivity contribution in [3.05, 3.63) is 12.3 Å². The van der Waals surface area contributed by atoms with Gasteiger partial charge in [0.15, 0.2) is 0 Å². The lowest BCUT2D eigenvalue weighted by molar-refractivity contribution is 0.680. The van der Waals surface area contributed by atoms with E-state index >= 15 is 0 Å². The first-order valence-electron chi connectivity index (χ1n) is 3.01. The van der Waals surface area contributed by atoms with Crippen LogP contribution in [0.25, 0.3) is 0 Å². The Morgan fingerprint density at radius 1 is 1.56 bits per heavy atom. The predicted molar refractivity (Wildman–Crippen MR) is 41.6 cm³/mol. The molecule has 0 unspecified atom stereocenters. The highest BCUT2D eigenvalue weighted by Gasteiger charge is 1.89. The zero-order valence-electron chi connectivity index (χ0n) is 6.55. The fraction of sp³-hybridized carbons (Fsp3) is 0.571. The molecular formula is C7H14N2. The van der Waals surface area contributed by atoms with E-state index < -0.39 is 0 Å². The third-order valence-corrected chi connectivity index (χ3v) is 1.21. The van der Waals surface area contributed by atoms with Gasteiger partial charge in [-0.3, -0.25) is 4.99 Å². The Labute approximate surface area is 56.9 Å². The molecule has 0 fully saturated rings. The second kappa shape index (κ2) is 4.13. The summed E-state index contributed by atoms with van der Waals surface area (Å²) in [7, 11) is 3.76. The molecule has 0 saturated carbocycles. The molecule has 0 saturated heterocycles. The quantitative estimate of drug-likeness (QED) is 0.384. The summed E-state index contributed by atoms with van der Waals surface area (Å²) in [6.07, 6.45) is 3.96. The molecule has 0 aromatic rings. The number of rotatable bonds is 1. The van der Waals surface area contributed by atoms with Gasteiger partial charge in [-0.05, 0) is 13.8 Å². The molecule has 2 nitrogen and oxygen atoms in total. The van der Waals surface area contributed by atoms with Gasteiger partial charge in [0, 0.05) is 20.3 Å². The van der Waals surface area contributed by atoms with E-state index in [1.165, 1.54) is 0 Å². The SMILES string of the molecule is C/C=C\N(C)C(C)=NC. The minimum Gasteiger partial charge on any atom is -0.340 e. The summed E-state index contributed by atoms with van der Waals surface area (Å²) >= 11 is 0. The van der Waals surface area contributed by atoms with Crippen LogP contribution in [-0.2, 0) is 0 Å². The van der Waals surface area contributed by atoms with Crippen molar-refractivity contribution >= 4 is 5.84 Å². The molecule has 0 aromatic carbocycles. The highest BCUT2D eigenvalue weighted by atomic mass is 15.1. The van der Waals surface area contributed by atoms with Gasteiger partial charge in [-0.25, -0.2) is 0 Å². The Kier molecular flexibility index (Phi) is 3.76. The Hall–Kier alpha value is -0.790. The van der Waals surface area contributed by atoms with Crippen LogP contribution < -0.4 is 0 Å². The van der Waals surface area contributed by atoms with Crippen LogP contribution in [0.2, 0.25) is 0 Å². The van der Waals surface area contributed by atoms with Gasteiger partial charge < -0.3 is 4.90 Å². The molecule has 0 aliphatic carbocycles. The number of hydrogen-bond donors (Lipinski definition) is 0. The van der Waals surface area contributed by atoms with Crippen LogP contribution in [0.4, 0.5) is 0 Å². The van der Waals surface area contributed by atoms with E-state index in [0.29, 0.717) is 0 Å². The van der Waals surface area contributed by atoms with Gasteiger partial charge in [0.1, 0.15) is 0 Å². The third-order valence-electron chi connectivity index (χ3n) is 1.21. The first-order chi connectivity index (χ1) is 4.22. The molecule has 0 radical (unpaired) electrons. The Balaban J connectivity index is 3.88. The lowest BCUT2D eigenvalue weighted by atomic mass is 10.5. The fourth-order valence-electron chi connectivity index (χ4n) is 0.489. The van der Waals surface area contributed by atoms with Crippen LogP contribution in [0.5, 0.6) is 0 Å². The van der Waals surface area contributed by atoms with Gasteiger partial charge in [0.25, 0.3) is 0 Å². The van der Waals surface area contributed by atoms with E-state index in [0.717, 1.165) is 5.84 Å². The smallest absolute Gasteiger partial charge is 0.0990 e. The lowest BCUT2D eigenvalue weighted by Gasteiger charge is -2.11. The van der Waals surface area contributed by atoms with E-state index in [4.69, 9.17) is 0 Å². The van der Waals surface area contributed by atoms with Gasteiger partial charge in [-0.2, -0.15) is 0 Å². The number of allylic oxidation sites excluding steroid dienone is 1. The second-order valence-electron chi connectivity index (χ2n) is 1.86. The predicted octanol–water partition coefficient (Wildman–Crippen LogP) is 1.50. The Morgan fingerprint density at radius 2 is 2.11 bits per heavy atom. The molecule has 0 N–H and O–H groups in total. The lowest BCUT2D eigenvalue weighted by Crippen LogP contribution is -2.16. The summed E-state index contributed by atoms with van der Waals surface area (Å²) in [5, 5.41) is 0. The molecule has 0 aliphatic heterocycles. The molecule has 0 aliphatic rings. The molecule has 52 valence electrons. The summed E-state index contributed by atoms with van der Waals surface area (Å²) in [5.74, 6) is 1.02. The molecule has 0 amide bonds. The Bertz CT molecular complexity index is 125. The van der Waals surface area contributed by atoms with Crippen molar-refractivity contribution in [2.45, 2.75) is 13.8 Å². The standard InChI is InChI=1S/C7H14N2/c1-5-6-9(4)7(2)8-3/h5-6H,1-4H3/b6-5-,8-7?. The average molecular weight is 126 g/mol. The van der Waals surface area contributed by atoms with Crippen molar-refractivity contribution in [1.29, 1.82) is 0 Å². The minimum absolute atomic E-state index is 1.02. The van der Waals surface area contributed by atoms with Crippen molar-refractivity contribution < 1.29 is 0 Å². The number of nitrogens with zero attached hydrogens (tertiary/aromatic N) is 2. The summed E-state index contributed by atoms with van der Waals surface area (Å²) in [4.78, 5) is 5.97. The number of amidine groups is 1. The van der Waals surface area contributed by atoms with E-state index in [9.17, 15) is 0 Å². The number of aliphatic imine (C=N–C) groups is 1. The molecule has 0 heterocycles. The maximum Gasteiger partial charge on any atom is 0.0990 e. The number of hydrogen-bond acceptors (Lipinski definition) is 1. The minimum atomic E-state index is 1.02. The monoisotopic (exact) mass is 126 g/mol. The highest BCUT2D eigenvalue weighted by molar-refractivity contribution is 5.80. The summed E-state index contributed by atoms with van der Waals surface area (Å²) < 4.78 is 0. The zero-order valence-corrected chi connectivity index (χ0v) is 6.55. The fourth-order valence-corrected chi connectivity index (χ4v) is 0.489. The largest absolute Gasteiger partial charge is 0.340 e. The summed E-state index contributed by atoms with van der Waals surface area (Å²) in [6.45, 7) is 3.96. The van der Waals surface area contributed by atoms with Gasteiger partial charge in [0.05, 0.1) is 5.84 Å². The van der Waals surface area contributed by atoms with E-state index in [1.54, 1.807) is 7.05 Å². The van der Waals surface area contributed by atoms with Crippen LogP contribution >= 0.6 is 0 Å². The topological polar surface area (TPSA) is 15.6 Å². The molecular weight excluding hydrogens is 112 g/mol. The van der Waals surface area contributed by atoms with Crippen LogP contribution in [0, 0.1) is 0 Å². The normalized spacial score (nSPS) is 12.7. The second-order valence-corrected chi connectivity index (χ2v) is 1.86. The molecule has 0 bridgehead atoms. The first kappa shape index (κ1) is 8.21. The van der Waals surface area contributed by atoms with Gasteiger partial charge in [-0.15, -0.1) is 0 Å². The van der Waals surface area contributed by atoms with Crippen molar-refractivity contribution in [1.82, 2.24) is 4.90 Å². The van der Waals surface area contributed by atoms with Crippen molar-refractivity contribution in [3.63, 3.8) is 0 Å². The van der Waals surface area contributed by atoms with Crippen molar-refractivity contribution in [2.75, 3.05) is 14.1 Å². The summed E-state index contributed by atoms with van der Waals surface area (Å²) in [6, 6.07) is 0. The Morgan fingerprint density at radius 3 is 2.44 bits per heavy atom. The maximum atomic E-state index is 4.00. The van der Waals surface area contributed by atoms with E-state index in [-0.39, 0.29) is 0 Å². The van der Waals surface area contributed by atoms with Crippen LogP contribution in [-0.4, -0.2) is 24.8 Å².